The predicted molar refractivity (Wildman–Crippen MR) is 69.4 cm³/mol. The molecule has 96 valence electrons. The summed E-state index contributed by atoms with van der Waals surface area (Å²) in [5, 5.41) is 3.14. The van der Waals surface area contributed by atoms with E-state index in [2.05, 4.69) is 5.32 Å². The highest BCUT2D eigenvalue weighted by Crippen LogP contribution is 2.18. The van der Waals surface area contributed by atoms with Gasteiger partial charge in [0.05, 0.1) is 0 Å². The Morgan fingerprint density at radius 2 is 1.83 bits per heavy atom. The number of rotatable bonds is 3. The molecular weight excluding hydrogens is 229 g/mol. The number of ketones is 1. The summed E-state index contributed by atoms with van der Waals surface area (Å²) in [7, 11) is 0. The fourth-order valence-corrected chi connectivity index (χ4v) is 2.12. The maximum Gasteiger partial charge on any atom is 0.160 e. The second kappa shape index (κ2) is 6.34. The molecule has 0 aliphatic heterocycles. The Labute approximate surface area is 107 Å². The molecule has 2 nitrogen and oxygen atoms in total. The number of benzene rings is 1. The first-order chi connectivity index (χ1) is 8.75. The number of carbonyl (C=O) groups excluding carboxylic acids is 1. The van der Waals surface area contributed by atoms with Crippen LogP contribution in [0.4, 0.5) is 4.39 Å². The van der Waals surface area contributed by atoms with Crippen LogP contribution >= 0.6 is 0 Å². The number of hydrogen-bond acceptors (Lipinski definition) is 2. The molecule has 1 aromatic carbocycles. The van der Waals surface area contributed by atoms with Gasteiger partial charge in [0.15, 0.2) is 5.78 Å². The van der Waals surface area contributed by atoms with Crippen molar-refractivity contribution in [1.82, 2.24) is 5.32 Å². The minimum absolute atomic E-state index is 0.226. The zero-order chi connectivity index (χ0) is 12.8. The number of nitrogens with one attached hydrogen (secondary N) is 1. The smallest absolute Gasteiger partial charge is 0.160 e. The van der Waals surface area contributed by atoms with E-state index in [9.17, 15) is 9.18 Å². The normalized spacial score (nSPS) is 18.7. The molecule has 0 unspecified atom stereocenters. The van der Waals surface area contributed by atoms with Crippen LogP contribution in [0.2, 0.25) is 0 Å². The third-order valence-electron chi connectivity index (χ3n) is 3.20. The molecule has 3 heteroatoms. The number of carbonyl (C=O) groups is 1. The minimum atomic E-state index is -0.226. The van der Waals surface area contributed by atoms with Crippen molar-refractivity contribution in [3.63, 3.8) is 0 Å². The summed E-state index contributed by atoms with van der Waals surface area (Å²) in [6, 6.07) is 6.38. The van der Waals surface area contributed by atoms with E-state index in [0.717, 1.165) is 36.8 Å². The summed E-state index contributed by atoms with van der Waals surface area (Å²) in [6.07, 6.45) is 6.61. The van der Waals surface area contributed by atoms with Crippen molar-refractivity contribution >= 4 is 5.78 Å². The van der Waals surface area contributed by atoms with E-state index in [1.807, 2.05) is 6.20 Å². The van der Waals surface area contributed by atoms with Gasteiger partial charge in [0.2, 0.25) is 0 Å². The topological polar surface area (TPSA) is 29.1 Å². The van der Waals surface area contributed by atoms with E-state index < -0.39 is 0 Å². The van der Waals surface area contributed by atoms with Crippen molar-refractivity contribution in [3.05, 3.63) is 47.4 Å². The molecular formula is C15H18FNO. The Balaban J connectivity index is 1.89. The van der Waals surface area contributed by atoms with Gasteiger partial charge in [-0.25, -0.2) is 4.39 Å². The van der Waals surface area contributed by atoms with Crippen molar-refractivity contribution < 1.29 is 9.18 Å². The monoisotopic (exact) mass is 247 g/mol. The third kappa shape index (κ3) is 3.69. The highest BCUT2D eigenvalue weighted by molar-refractivity contribution is 5.95. The molecule has 1 saturated carbocycles. The lowest BCUT2D eigenvalue weighted by atomic mass is 10.1. The van der Waals surface area contributed by atoms with Crippen LogP contribution in [0, 0.1) is 5.82 Å². The van der Waals surface area contributed by atoms with Crippen LogP contribution in [0.3, 0.4) is 0 Å². The predicted octanol–water partition coefficient (Wildman–Crippen LogP) is 3.33. The summed E-state index contributed by atoms with van der Waals surface area (Å²) < 4.78 is 12.7. The van der Waals surface area contributed by atoms with Crippen LogP contribution in [0.15, 0.2) is 36.0 Å². The van der Waals surface area contributed by atoms with Crippen molar-refractivity contribution in [2.45, 2.75) is 38.6 Å². The summed E-state index contributed by atoms with van der Waals surface area (Å²) in [4.78, 5) is 11.7. The van der Waals surface area contributed by atoms with Gasteiger partial charge in [0, 0.05) is 24.7 Å². The molecule has 1 aliphatic carbocycles. The minimum Gasteiger partial charge on any atom is -0.386 e. The number of Topliss-reactive ketones (excluding diaryl/α,β-unsaturated/α-hetero) is 1. The van der Waals surface area contributed by atoms with Gasteiger partial charge in [0.25, 0.3) is 0 Å². The first kappa shape index (κ1) is 12.8. The molecule has 2 rings (SSSR count). The fraction of sp³-hybridized carbons (Fsp3) is 0.400. The van der Waals surface area contributed by atoms with E-state index in [4.69, 9.17) is 0 Å². The molecule has 0 spiro atoms. The van der Waals surface area contributed by atoms with Gasteiger partial charge in [0.1, 0.15) is 5.82 Å². The molecule has 0 bridgehead atoms. The lowest BCUT2D eigenvalue weighted by Crippen LogP contribution is -2.09. The number of hydrogen-bond donors (Lipinski definition) is 1. The molecule has 0 atom stereocenters. The van der Waals surface area contributed by atoms with Gasteiger partial charge >= 0.3 is 0 Å². The number of halogens is 1. The molecule has 1 fully saturated rings. The van der Waals surface area contributed by atoms with E-state index >= 15 is 0 Å². The molecule has 0 aromatic heterocycles. The molecule has 0 saturated heterocycles. The van der Waals surface area contributed by atoms with Crippen molar-refractivity contribution in [2.75, 3.05) is 0 Å². The van der Waals surface area contributed by atoms with Crippen LogP contribution in [0.5, 0.6) is 0 Å². The zero-order valence-electron chi connectivity index (χ0n) is 10.4. The molecule has 0 heterocycles. The second-order valence-corrected chi connectivity index (χ2v) is 4.66. The Morgan fingerprint density at radius 1 is 1.11 bits per heavy atom. The van der Waals surface area contributed by atoms with Crippen LogP contribution in [0.1, 0.15) is 37.7 Å². The van der Waals surface area contributed by atoms with Gasteiger partial charge in [-0.1, -0.05) is 18.6 Å². The lowest BCUT2D eigenvalue weighted by Gasteiger charge is -2.05. The highest BCUT2D eigenvalue weighted by Gasteiger charge is 2.12. The summed E-state index contributed by atoms with van der Waals surface area (Å²) in [5.41, 5.74) is 1.91. The summed E-state index contributed by atoms with van der Waals surface area (Å²) in [6.45, 7) is 0.622. The van der Waals surface area contributed by atoms with E-state index in [1.54, 1.807) is 12.1 Å². The van der Waals surface area contributed by atoms with E-state index in [-0.39, 0.29) is 11.6 Å². The van der Waals surface area contributed by atoms with E-state index in [0.29, 0.717) is 13.0 Å². The van der Waals surface area contributed by atoms with Crippen LogP contribution in [0.25, 0.3) is 0 Å². The third-order valence-corrected chi connectivity index (χ3v) is 3.20. The zero-order valence-corrected chi connectivity index (χ0v) is 10.4. The van der Waals surface area contributed by atoms with Gasteiger partial charge in [-0.2, -0.15) is 0 Å². The average Bonchev–Trinajstić information content (AvgIpc) is 2.57. The highest BCUT2D eigenvalue weighted by atomic mass is 19.1. The molecule has 18 heavy (non-hydrogen) atoms. The molecule has 0 radical (unpaired) electrons. The molecule has 1 N–H and O–H groups in total. The Morgan fingerprint density at radius 3 is 2.61 bits per heavy atom. The van der Waals surface area contributed by atoms with Gasteiger partial charge in [-0.3, -0.25) is 4.79 Å². The first-order valence-electron chi connectivity index (χ1n) is 6.46. The van der Waals surface area contributed by atoms with Gasteiger partial charge < -0.3 is 5.32 Å². The van der Waals surface area contributed by atoms with Crippen molar-refractivity contribution in [1.29, 1.82) is 0 Å². The largest absolute Gasteiger partial charge is 0.386 e. The Bertz CT molecular complexity index is 436. The molecule has 0 amide bonds. The van der Waals surface area contributed by atoms with Crippen molar-refractivity contribution in [2.24, 2.45) is 0 Å². The van der Waals surface area contributed by atoms with Crippen LogP contribution < -0.4 is 5.32 Å². The maximum atomic E-state index is 12.7. The standard InChI is InChI=1S/C15H18FNO/c16-14-8-6-12(7-9-14)10-17-11-13-4-2-1-3-5-15(13)18/h6-9,11,17H,1-5,10H2. The second-order valence-electron chi connectivity index (χ2n) is 4.66. The summed E-state index contributed by atoms with van der Waals surface area (Å²) >= 11 is 0. The first-order valence-corrected chi connectivity index (χ1v) is 6.46. The Hall–Kier alpha value is -1.64. The van der Waals surface area contributed by atoms with Gasteiger partial charge in [-0.15, -0.1) is 0 Å². The SMILES string of the molecule is O=C1CCCCCC1=CNCc1ccc(F)cc1. The van der Waals surface area contributed by atoms with Gasteiger partial charge in [-0.05, 0) is 37.0 Å². The Kier molecular flexibility index (Phi) is 4.51. The number of allylic oxidation sites excluding steroid dienone is 1. The molecule has 1 aliphatic rings. The molecule has 1 aromatic rings. The maximum absolute atomic E-state index is 12.7. The summed E-state index contributed by atoms with van der Waals surface area (Å²) in [5.74, 6) is 0.0372. The van der Waals surface area contributed by atoms with Crippen LogP contribution in [-0.4, -0.2) is 5.78 Å². The fourth-order valence-electron chi connectivity index (χ4n) is 2.12. The lowest BCUT2D eigenvalue weighted by molar-refractivity contribution is -0.115. The van der Waals surface area contributed by atoms with Crippen LogP contribution in [-0.2, 0) is 11.3 Å². The van der Waals surface area contributed by atoms with Crippen molar-refractivity contribution in [3.8, 4) is 0 Å². The quantitative estimate of drug-likeness (QED) is 0.655. The average molecular weight is 247 g/mol. The van der Waals surface area contributed by atoms with E-state index in [1.165, 1.54) is 12.1 Å².